The first-order chi connectivity index (χ1) is 5.86. The minimum atomic E-state index is -1.15. The van der Waals surface area contributed by atoms with Crippen LogP contribution in [-0.2, 0) is 14.3 Å². The van der Waals surface area contributed by atoms with Gasteiger partial charge in [0.15, 0.2) is 0 Å². The predicted molar refractivity (Wildman–Crippen MR) is 46.0 cm³/mol. The molecule has 0 unspecified atom stereocenters. The molecule has 0 fully saturated rings. The van der Waals surface area contributed by atoms with E-state index in [9.17, 15) is 9.59 Å². The Morgan fingerprint density at radius 3 is 2.00 bits per heavy atom. The maximum absolute atomic E-state index is 11.0. The molecular weight excluding hydrogens is 174 g/mol. The zero-order chi connectivity index (χ0) is 10.6. The summed E-state index contributed by atoms with van der Waals surface area (Å²) in [6.45, 7) is 4.77. The van der Waals surface area contributed by atoms with Gasteiger partial charge in [-0.3, -0.25) is 4.79 Å². The molecule has 0 saturated carbocycles. The van der Waals surface area contributed by atoms with E-state index < -0.39 is 24.1 Å². The van der Waals surface area contributed by atoms with Crippen LogP contribution in [0.2, 0.25) is 0 Å². The molecule has 5 heteroatoms. The lowest BCUT2D eigenvalue weighted by Crippen LogP contribution is -2.38. The smallest absolute Gasteiger partial charge is 0.345 e. The highest BCUT2D eigenvalue weighted by Crippen LogP contribution is 2.07. The Labute approximate surface area is 76.9 Å². The van der Waals surface area contributed by atoms with Gasteiger partial charge < -0.3 is 15.6 Å². The van der Waals surface area contributed by atoms with E-state index >= 15 is 0 Å². The second-order valence-electron chi connectivity index (χ2n) is 3.23. The van der Waals surface area contributed by atoms with Crippen LogP contribution in [-0.4, -0.2) is 29.2 Å². The number of carboxylic acid groups (broad SMARTS) is 1. The van der Waals surface area contributed by atoms with Crippen molar-refractivity contribution in [3.63, 3.8) is 0 Å². The Hall–Kier alpha value is -1.10. The average molecular weight is 189 g/mol. The molecular formula is C8H15NO4. The molecule has 0 rings (SSSR count). The van der Waals surface area contributed by atoms with Crippen LogP contribution >= 0.6 is 0 Å². The number of nitrogens with two attached hydrogens (primary N) is 1. The van der Waals surface area contributed by atoms with Gasteiger partial charge in [0.1, 0.15) is 6.04 Å². The highest BCUT2D eigenvalue weighted by Gasteiger charge is 2.26. The molecule has 13 heavy (non-hydrogen) atoms. The Bertz CT molecular complexity index is 200. The van der Waals surface area contributed by atoms with Gasteiger partial charge >= 0.3 is 11.9 Å². The van der Waals surface area contributed by atoms with Gasteiger partial charge in [-0.2, -0.15) is 0 Å². The van der Waals surface area contributed by atoms with Crippen molar-refractivity contribution in [2.75, 3.05) is 0 Å². The largest absolute Gasteiger partial charge is 0.478 e. The number of hydrogen-bond acceptors (Lipinski definition) is 4. The van der Waals surface area contributed by atoms with Gasteiger partial charge in [-0.15, -0.1) is 0 Å². The molecule has 0 radical (unpaired) electrons. The summed E-state index contributed by atoms with van der Waals surface area (Å²) >= 11 is 0. The van der Waals surface area contributed by atoms with E-state index in [1.54, 1.807) is 13.8 Å². The first-order valence-corrected chi connectivity index (χ1v) is 4.05. The topological polar surface area (TPSA) is 89.6 Å². The monoisotopic (exact) mass is 189 g/mol. The van der Waals surface area contributed by atoms with E-state index in [4.69, 9.17) is 10.8 Å². The van der Waals surface area contributed by atoms with Gasteiger partial charge in [0.05, 0.1) is 0 Å². The van der Waals surface area contributed by atoms with Crippen LogP contribution in [0.15, 0.2) is 0 Å². The zero-order valence-corrected chi connectivity index (χ0v) is 7.98. The number of ether oxygens (including phenoxy) is 1. The molecule has 76 valence electrons. The summed E-state index contributed by atoms with van der Waals surface area (Å²) in [5, 5.41) is 8.66. The number of esters is 1. The Morgan fingerprint density at radius 1 is 1.31 bits per heavy atom. The first-order valence-electron chi connectivity index (χ1n) is 4.05. The van der Waals surface area contributed by atoms with Crippen molar-refractivity contribution < 1.29 is 19.4 Å². The highest BCUT2D eigenvalue weighted by atomic mass is 16.6. The maximum Gasteiger partial charge on any atom is 0.345 e. The summed E-state index contributed by atoms with van der Waals surface area (Å²) in [6.07, 6.45) is -1.11. The van der Waals surface area contributed by atoms with Gasteiger partial charge in [-0.05, 0) is 6.92 Å². The van der Waals surface area contributed by atoms with Crippen molar-refractivity contribution >= 4 is 11.9 Å². The Kier molecular flexibility index (Phi) is 4.40. The van der Waals surface area contributed by atoms with Crippen LogP contribution in [0.3, 0.4) is 0 Å². The van der Waals surface area contributed by atoms with E-state index in [0.717, 1.165) is 0 Å². The average Bonchev–Trinajstić information content (AvgIpc) is 1.97. The molecule has 0 amide bonds. The van der Waals surface area contributed by atoms with Gasteiger partial charge in [0.2, 0.25) is 6.10 Å². The van der Waals surface area contributed by atoms with E-state index in [1.807, 2.05) is 0 Å². The molecule has 5 nitrogen and oxygen atoms in total. The molecule has 0 saturated heterocycles. The number of carbonyl (C=O) groups is 2. The van der Waals surface area contributed by atoms with Crippen LogP contribution in [0.5, 0.6) is 0 Å². The number of aliphatic carboxylic acids is 1. The lowest BCUT2D eigenvalue weighted by atomic mass is 10.1. The van der Waals surface area contributed by atoms with Crippen molar-refractivity contribution in [3.05, 3.63) is 0 Å². The second-order valence-corrected chi connectivity index (χ2v) is 3.23. The highest BCUT2D eigenvalue weighted by molar-refractivity contribution is 5.80. The Morgan fingerprint density at radius 2 is 1.77 bits per heavy atom. The maximum atomic E-state index is 11.0. The number of rotatable bonds is 4. The molecule has 0 heterocycles. The summed E-state index contributed by atoms with van der Waals surface area (Å²) < 4.78 is 4.67. The minimum absolute atomic E-state index is 0.264. The first kappa shape index (κ1) is 11.9. The van der Waals surface area contributed by atoms with Gasteiger partial charge in [-0.1, -0.05) is 13.8 Å². The van der Waals surface area contributed by atoms with Crippen molar-refractivity contribution in [3.8, 4) is 0 Å². The number of carboxylic acids is 1. The van der Waals surface area contributed by atoms with Crippen molar-refractivity contribution in [1.82, 2.24) is 0 Å². The molecule has 0 spiro atoms. The van der Waals surface area contributed by atoms with Crippen molar-refractivity contribution in [2.24, 2.45) is 11.7 Å². The fourth-order valence-corrected chi connectivity index (χ4v) is 0.704. The molecule has 3 N–H and O–H groups in total. The zero-order valence-electron chi connectivity index (χ0n) is 7.98. The molecule has 0 aliphatic carbocycles. The lowest BCUT2D eigenvalue weighted by molar-refractivity contribution is -0.167. The number of hydrogen-bond donors (Lipinski definition) is 2. The third-order valence-corrected chi connectivity index (χ3v) is 1.46. The van der Waals surface area contributed by atoms with Crippen molar-refractivity contribution in [2.45, 2.75) is 32.9 Å². The lowest BCUT2D eigenvalue weighted by Gasteiger charge is -2.17. The fourth-order valence-electron chi connectivity index (χ4n) is 0.704. The van der Waals surface area contributed by atoms with E-state index in [1.165, 1.54) is 6.92 Å². The van der Waals surface area contributed by atoms with E-state index in [-0.39, 0.29) is 5.92 Å². The molecule has 2 atom stereocenters. The normalized spacial score (nSPS) is 15.2. The summed E-state index contributed by atoms with van der Waals surface area (Å²) in [7, 11) is 0. The molecule has 0 aromatic heterocycles. The van der Waals surface area contributed by atoms with E-state index in [0.29, 0.717) is 0 Å². The minimum Gasteiger partial charge on any atom is -0.478 e. The quantitative estimate of drug-likeness (QED) is 0.607. The predicted octanol–water partition coefficient (Wildman–Crippen LogP) is -0.0140. The standard InChI is InChI=1S/C8H15NO4/c1-4(2)6(7(10)11)13-8(12)5(3)9/h4-6H,9H2,1-3H3,(H,10,11)/t5-,6-/m0/s1. The SMILES string of the molecule is CC(C)[C@H](OC(=O)[C@H](C)N)C(=O)O. The summed E-state index contributed by atoms with van der Waals surface area (Å²) in [6, 6.07) is -0.791. The Balaban J connectivity index is 4.27. The number of carbonyl (C=O) groups excluding carboxylic acids is 1. The van der Waals surface area contributed by atoms with Gasteiger partial charge in [0, 0.05) is 5.92 Å². The third kappa shape index (κ3) is 3.89. The van der Waals surface area contributed by atoms with Crippen LogP contribution in [0, 0.1) is 5.92 Å². The molecule has 0 bridgehead atoms. The summed E-state index contributed by atoms with van der Waals surface area (Å²) in [4.78, 5) is 21.5. The van der Waals surface area contributed by atoms with Gasteiger partial charge in [-0.25, -0.2) is 4.79 Å². The second kappa shape index (κ2) is 4.81. The third-order valence-electron chi connectivity index (χ3n) is 1.46. The summed E-state index contributed by atoms with van der Waals surface area (Å²) in [5.74, 6) is -2.11. The molecule has 0 aliphatic heterocycles. The van der Waals surface area contributed by atoms with Crippen LogP contribution < -0.4 is 5.73 Å². The van der Waals surface area contributed by atoms with Crippen LogP contribution in [0.25, 0.3) is 0 Å². The van der Waals surface area contributed by atoms with Crippen molar-refractivity contribution in [1.29, 1.82) is 0 Å². The molecule has 0 aromatic carbocycles. The van der Waals surface area contributed by atoms with E-state index in [2.05, 4.69) is 4.74 Å². The van der Waals surface area contributed by atoms with Crippen LogP contribution in [0.1, 0.15) is 20.8 Å². The van der Waals surface area contributed by atoms with Gasteiger partial charge in [0.25, 0.3) is 0 Å². The molecule has 0 aliphatic rings. The molecule has 0 aromatic rings. The fraction of sp³-hybridized carbons (Fsp3) is 0.750. The van der Waals surface area contributed by atoms with Crippen LogP contribution in [0.4, 0.5) is 0 Å². The summed E-state index contributed by atoms with van der Waals surface area (Å²) in [5.41, 5.74) is 5.22.